The number of nitrogens with one attached hydrogen (secondary N) is 1. The second kappa shape index (κ2) is 4.63. The predicted molar refractivity (Wildman–Crippen MR) is 62.9 cm³/mol. The summed E-state index contributed by atoms with van der Waals surface area (Å²) >= 11 is 3.53. The molecular formula is C10H17BrN4. The highest BCUT2D eigenvalue weighted by molar-refractivity contribution is 9.10. The monoisotopic (exact) mass is 272 g/mol. The van der Waals surface area contributed by atoms with Gasteiger partial charge in [0.2, 0.25) is 0 Å². The van der Waals surface area contributed by atoms with Crippen molar-refractivity contribution in [1.29, 1.82) is 0 Å². The molecule has 0 amide bonds. The number of rotatable bonds is 3. The summed E-state index contributed by atoms with van der Waals surface area (Å²) in [7, 11) is 1.96. The molecule has 0 saturated heterocycles. The summed E-state index contributed by atoms with van der Waals surface area (Å²) in [6.45, 7) is 0. The van der Waals surface area contributed by atoms with E-state index in [-0.39, 0.29) is 6.04 Å². The fraction of sp³-hybridized carbons (Fsp3) is 0.700. The van der Waals surface area contributed by atoms with Gasteiger partial charge in [0.25, 0.3) is 0 Å². The van der Waals surface area contributed by atoms with Crippen LogP contribution in [0.1, 0.15) is 37.4 Å². The zero-order valence-electron chi connectivity index (χ0n) is 8.91. The average molecular weight is 273 g/mol. The SMILES string of the molecule is Cn1ncc(Br)c1C(NN)C1CCCC1. The topological polar surface area (TPSA) is 55.9 Å². The van der Waals surface area contributed by atoms with E-state index in [4.69, 9.17) is 5.84 Å². The van der Waals surface area contributed by atoms with Gasteiger partial charge < -0.3 is 0 Å². The van der Waals surface area contributed by atoms with Crippen LogP contribution in [0.3, 0.4) is 0 Å². The van der Waals surface area contributed by atoms with Gasteiger partial charge in [0, 0.05) is 7.05 Å². The first-order valence-electron chi connectivity index (χ1n) is 5.37. The van der Waals surface area contributed by atoms with Gasteiger partial charge in [-0.15, -0.1) is 0 Å². The number of aromatic nitrogens is 2. The maximum absolute atomic E-state index is 5.67. The van der Waals surface area contributed by atoms with Crippen LogP contribution in [0.2, 0.25) is 0 Å². The van der Waals surface area contributed by atoms with Gasteiger partial charge in [0.15, 0.2) is 0 Å². The molecule has 1 aliphatic carbocycles. The molecule has 0 bridgehead atoms. The highest BCUT2D eigenvalue weighted by atomic mass is 79.9. The molecule has 2 rings (SSSR count). The van der Waals surface area contributed by atoms with Crippen molar-refractivity contribution < 1.29 is 0 Å². The molecule has 1 fully saturated rings. The fourth-order valence-electron chi connectivity index (χ4n) is 2.50. The molecule has 84 valence electrons. The van der Waals surface area contributed by atoms with E-state index in [2.05, 4.69) is 26.5 Å². The number of halogens is 1. The minimum Gasteiger partial charge on any atom is -0.271 e. The van der Waals surface area contributed by atoms with Gasteiger partial charge in [-0.25, -0.2) is 0 Å². The van der Waals surface area contributed by atoms with Crippen molar-refractivity contribution in [2.75, 3.05) is 0 Å². The smallest absolute Gasteiger partial charge is 0.0708 e. The Hall–Kier alpha value is -0.390. The molecule has 4 nitrogen and oxygen atoms in total. The quantitative estimate of drug-likeness (QED) is 0.653. The Morgan fingerprint density at radius 1 is 1.60 bits per heavy atom. The van der Waals surface area contributed by atoms with Crippen molar-refractivity contribution in [3.05, 3.63) is 16.4 Å². The van der Waals surface area contributed by atoms with Gasteiger partial charge >= 0.3 is 0 Å². The second-order valence-corrected chi connectivity index (χ2v) is 5.04. The van der Waals surface area contributed by atoms with Crippen molar-refractivity contribution in [3.8, 4) is 0 Å². The van der Waals surface area contributed by atoms with E-state index in [1.807, 2.05) is 17.9 Å². The summed E-state index contributed by atoms with van der Waals surface area (Å²) < 4.78 is 2.94. The third kappa shape index (κ3) is 2.09. The molecule has 1 aliphatic rings. The average Bonchev–Trinajstić information content (AvgIpc) is 2.83. The lowest BCUT2D eigenvalue weighted by atomic mass is 9.96. The molecule has 1 aromatic heterocycles. The van der Waals surface area contributed by atoms with Gasteiger partial charge in [-0.2, -0.15) is 5.10 Å². The van der Waals surface area contributed by atoms with E-state index in [1.165, 1.54) is 25.7 Å². The first-order valence-corrected chi connectivity index (χ1v) is 6.17. The molecule has 1 atom stereocenters. The second-order valence-electron chi connectivity index (χ2n) is 4.19. The lowest BCUT2D eigenvalue weighted by Crippen LogP contribution is -2.34. The van der Waals surface area contributed by atoms with Crippen molar-refractivity contribution >= 4 is 15.9 Å². The van der Waals surface area contributed by atoms with Crippen LogP contribution in [0.15, 0.2) is 10.7 Å². The lowest BCUT2D eigenvalue weighted by molar-refractivity contribution is 0.354. The fourth-order valence-corrected chi connectivity index (χ4v) is 3.09. The van der Waals surface area contributed by atoms with Crippen LogP contribution in [0.4, 0.5) is 0 Å². The van der Waals surface area contributed by atoms with E-state index in [1.54, 1.807) is 0 Å². The van der Waals surface area contributed by atoms with Crippen LogP contribution in [0.25, 0.3) is 0 Å². The molecule has 1 aromatic rings. The van der Waals surface area contributed by atoms with Crippen molar-refractivity contribution in [1.82, 2.24) is 15.2 Å². The minimum atomic E-state index is 0.217. The summed E-state index contributed by atoms with van der Waals surface area (Å²) in [6.07, 6.45) is 6.98. The first-order chi connectivity index (χ1) is 7.24. The molecule has 0 radical (unpaired) electrons. The number of nitrogens with zero attached hydrogens (tertiary/aromatic N) is 2. The van der Waals surface area contributed by atoms with Gasteiger partial charge in [0.05, 0.1) is 22.4 Å². The Kier molecular flexibility index (Phi) is 3.43. The molecule has 0 aromatic carbocycles. The summed E-state index contributed by atoms with van der Waals surface area (Å²) in [5.74, 6) is 6.31. The number of aryl methyl sites for hydroxylation is 1. The number of hydrogen-bond acceptors (Lipinski definition) is 3. The molecule has 15 heavy (non-hydrogen) atoms. The highest BCUT2D eigenvalue weighted by Crippen LogP contribution is 2.37. The van der Waals surface area contributed by atoms with Crippen molar-refractivity contribution in [3.63, 3.8) is 0 Å². The highest BCUT2D eigenvalue weighted by Gasteiger charge is 2.28. The van der Waals surface area contributed by atoms with Gasteiger partial charge in [-0.1, -0.05) is 12.8 Å². The van der Waals surface area contributed by atoms with E-state index in [9.17, 15) is 0 Å². The largest absolute Gasteiger partial charge is 0.271 e. The van der Waals surface area contributed by atoms with E-state index < -0.39 is 0 Å². The maximum atomic E-state index is 5.67. The van der Waals surface area contributed by atoms with E-state index >= 15 is 0 Å². The van der Waals surface area contributed by atoms with Crippen LogP contribution in [-0.4, -0.2) is 9.78 Å². The van der Waals surface area contributed by atoms with Crippen molar-refractivity contribution in [2.45, 2.75) is 31.7 Å². The Labute approximate surface area is 98.3 Å². The van der Waals surface area contributed by atoms with Crippen LogP contribution in [-0.2, 0) is 7.05 Å². The summed E-state index contributed by atoms with van der Waals surface area (Å²) in [5.41, 5.74) is 4.09. The number of hydrazine groups is 1. The van der Waals surface area contributed by atoms with Crippen LogP contribution < -0.4 is 11.3 Å². The Bertz CT molecular complexity index is 311. The molecule has 0 aliphatic heterocycles. The molecule has 3 N–H and O–H groups in total. The summed E-state index contributed by atoms with van der Waals surface area (Å²) in [5, 5.41) is 4.23. The molecule has 5 heteroatoms. The third-order valence-electron chi connectivity index (χ3n) is 3.28. The normalized spacial score (nSPS) is 19.7. The van der Waals surface area contributed by atoms with Crippen LogP contribution in [0.5, 0.6) is 0 Å². The molecular weight excluding hydrogens is 256 g/mol. The molecule has 1 heterocycles. The molecule has 0 spiro atoms. The summed E-state index contributed by atoms with van der Waals surface area (Å²) in [4.78, 5) is 0. The maximum Gasteiger partial charge on any atom is 0.0708 e. The van der Waals surface area contributed by atoms with E-state index in [0.29, 0.717) is 5.92 Å². The van der Waals surface area contributed by atoms with Gasteiger partial charge in [0.1, 0.15) is 0 Å². The van der Waals surface area contributed by atoms with Gasteiger partial charge in [-0.3, -0.25) is 16.0 Å². The Morgan fingerprint density at radius 3 is 2.73 bits per heavy atom. The van der Waals surface area contributed by atoms with Crippen molar-refractivity contribution in [2.24, 2.45) is 18.8 Å². The zero-order valence-corrected chi connectivity index (χ0v) is 10.5. The van der Waals surface area contributed by atoms with Crippen LogP contribution >= 0.6 is 15.9 Å². The molecule has 1 unspecified atom stereocenters. The Morgan fingerprint density at radius 2 is 2.27 bits per heavy atom. The first kappa shape index (κ1) is 11.1. The molecule has 1 saturated carbocycles. The zero-order chi connectivity index (χ0) is 10.8. The standard InChI is InChI=1S/C10H17BrN4/c1-15-10(8(11)6-13-15)9(14-12)7-4-2-3-5-7/h6-7,9,14H,2-5,12H2,1H3. The van der Waals surface area contributed by atoms with E-state index in [0.717, 1.165) is 10.2 Å². The van der Waals surface area contributed by atoms with Crippen LogP contribution in [0, 0.1) is 5.92 Å². The minimum absolute atomic E-state index is 0.217. The predicted octanol–water partition coefficient (Wildman–Crippen LogP) is 1.88. The lowest BCUT2D eigenvalue weighted by Gasteiger charge is -2.23. The summed E-state index contributed by atoms with van der Waals surface area (Å²) in [6, 6.07) is 0.217. The van der Waals surface area contributed by atoms with Gasteiger partial charge in [-0.05, 0) is 34.7 Å². The Balaban J connectivity index is 2.25. The number of hydrogen-bond donors (Lipinski definition) is 2. The third-order valence-corrected chi connectivity index (χ3v) is 3.89. The number of nitrogens with two attached hydrogens (primary N) is 1.